The van der Waals surface area contributed by atoms with E-state index in [4.69, 9.17) is 15.2 Å². The molecule has 0 unspecified atom stereocenters. The van der Waals surface area contributed by atoms with Gasteiger partial charge in [0.2, 0.25) is 5.91 Å². The first-order chi connectivity index (χ1) is 14.6. The molecule has 2 N–H and O–H groups in total. The Morgan fingerprint density at radius 1 is 1.26 bits per heavy atom. The molecule has 1 heterocycles. The Labute approximate surface area is 177 Å². The van der Waals surface area contributed by atoms with Gasteiger partial charge in [0.15, 0.2) is 11.6 Å². The molecule has 1 aliphatic heterocycles. The molecule has 0 aromatic heterocycles. The summed E-state index contributed by atoms with van der Waals surface area (Å²) in [5, 5.41) is 0. The normalized spacial score (nSPS) is 24.5. The van der Waals surface area contributed by atoms with E-state index in [0.29, 0.717) is 51.1 Å². The van der Waals surface area contributed by atoms with Crippen molar-refractivity contribution in [2.24, 2.45) is 17.6 Å². The van der Waals surface area contributed by atoms with Crippen LogP contribution in [-0.2, 0) is 20.5 Å². The third kappa shape index (κ3) is 5.94. The number of nitrogens with zero attached hydrogens (tertiary/aromatic N) is 1. The van der Waals surface area contributed by atoms with Gasteiger partial charge >= 0.3 is 6.18 Å². The van der Waals surface area contributed by atoms with Crippen LogP contribution < -0.4 is 10.5 Å². The Bertz CT molecular complexity index is 788. The number of carbonyl (C=O) groups is 2. The molecule has 1 aromatic carbocycles. The molecule has 1 aromatic rings. The molecular weight excluding hydrogens is 420 g/mol. The Morgan fingerprint density at radius 2 is 1.94 bits per heavy atom. The summed E-state index contributed by atoms with van der Waals surface area (Å²) in [5.74, 6) is -1.28. The highest BCUT2D eigenvalue weighted by molar-refractivity contribution is 5.80. The molecule has 1 saturated carbocycles. The van der Waals surface area contributed by atoms with Crippen LogP contribution in [0.2, 0.25) is 0 Å². The Kier molecular flexibility index (Phi) is 7.20. The standard InChI is InChI=1S/C21H26F4N2O4/c22-17-9-16(21(23,24)25)1-2-18(17)31-12-14-3-5-27(6-4-14)19(29)15-10-20(26,11-15)13-30-8-7-28/h1-2,7,9,14-15H,3-6,8,10-13,26H2. The molecule has 31 heavy (non-hydrogen) atoms. The largest absolute Gasteiger partial charge is 0.490 e. The van der Waals surface area contributed by atoms with Crippen LogP contribution in [0.25, 0.3) is 0 Å². The van der Waals surface area contributed by atoms with Crippen molar-refractivity contribution in [2.75, 3.05) is 32.9 Å². The number of alkyl halides is 3. The van der Waals surface area contributed by atoms with E-state index in [1.807, 2.05) is 0 Å². The van der Waals surface area contributed by atoms with Gasteiger partial charge in [0.05, 0.1) is 18.8 Å². The zero-order valence-electron chi connectivity index (χ0n) is 17.0. The van der Waals surface area contributed by atoms with Crippen LogP contribution in [0.15, 0.2) is 18.2 Å². The van der Waals surface area contributed by atoms with E-state index < -0.39 is 23.1 Å². The number of nitrogens with two attached hydrogens (primary N) is 1. The van der Waals surface area contributed by atoms with Gasteiger partial charge in [0.1, 0.15) is 12.9 Å². The second kappa shape index (κ2) is 9.52. The van der Waals surface area contributed by atoms with Gasteiger partial charge < -0.3 is 24.9 Å². The van der Waals surface area contributed by atoms with E-state index in [-0.39, 0.29) is 43.3 Å². The Balaban J connectivity index is 1.40. The number of likely N-dealkylation sites (tertiary alicyclic amines) is 1. The summed E-state index contributed by atoms with van der Waals surface area (Å²) in [7, 11) is 0. The van der Waals surface area contributed by atoms with Gasteiger partial charge in [-0.3, -0.25) is 4.79 Å². The van der Waals surface area contributed by atoms with E-state index in [1.165, 1.54) is 0 Å². The van der Waals surface area contributed by atoms with Crippen LogP contribution in [0, 0.1) is 17.7 Å². The predicted molar refractivity (Wildman–Crippen MR) is 103 cm³/mol. The maximum absolute atomic E-state index is 13.9. The number of hydrogen-bond donors (Lipinski definition) is 1. The molecular formula is C21H26F4N2O4. The van der Waals surface area contributed by atoms with Crippen molar-refractivity contribution in [2.45, 2.75) is 37.4 Å². The Hall–Kier alpha value is -2.20. The van der Waals surface area contributed by atoms with E-state index in [1.54, 1.807) is 4.90 Å². The third-order valence-electron chi connectivity index (χ3n) is 5.89. The summed E-state index contributed by atoms with van der Waals surface area (Å²) in [4.78, 5) is 24.7. The van der Waals surface area contributed by atoms with Gasteiger partial charge in [-0.1, -0.05) is 0 Å². The number of carbonyl (C=O) groups excluding carboxylic acids is 2. The fraction of sp³-hybridized carbons (Fsp3) is 0.619. The van der Waals surface area contributed by atoms with Crippen LogP contribution in [0.4, 0.5) is 17.6 Å². The minimum absolute atomic E-state index is 0.0104. The number of amides is 1. The minimum Gasteiger partial charge on any atom is -0.490 e. The van der Waals surface area contributed by atoms with Gasteiger partial charge in [-0.05, 0) is 49.8 Å². The van der Waals surface area contributed by atoms with Crippen molar-refractivity contribution in [3.8, 4) is 5.75 Å². The number of halogens is 4. The highest BCUT2D eigenvalue weighted by atomic mass is 19.4. The number of piperidine rings is 1. The molecule has 1 amide bonds. The van der Waals surface area contributed by atoms with E-state index in [2.05, 4.69) is 0 Å². The van der Waals surface area contributed by atoms with Crippen molar-refractivity contribution in [1.29, 1.82) is 0 Å². The number of ether oxygens (including phenoxy) is 2. The lowest BCUT2D eigenvalue weighted by molar-refractivity contribution is -0.144. The molecule has 0 spiro atoms. The topological polar surface area (TPSA) is 81.9 Å². The lowest BCUT2D eigenvalue weighted by atomic mass is 9.68. The van der Waals surface area contributed by atoms with Gasteiger partial charge in [-0.2, -0.15) is 13.2 Å². The first-order valence-electron chi connectivity index (χ1n) is 10.2. The lowest BCUT2D eigenvalue weighted by Gasteiger charge is -2.46. The quantitative estimate of drug-likeness (QED) is 0.377. The van der Waals surface area contributed by atoms with Gasteiger partial charge in [0, 0.05) is 24.5 Å². The van der Waals surface area contributed by atoms with E-state index in [9.17, 15) is 27.2 Å². The molecule has 10 heteroatoms. The summed E-state index contributed by atoms with van der Waals surface area (Å²) < 4.78 is 62.3. The maximum atomic E-state index is 13.9. The fourth-order valence-electron chi connectivity index (χ4n) is 4.10. The number of benzene rings is 1. The monoisotopic (exact) mass is 446 g/mol. The molecule has 172 valence electrons. The fourth-order valence-corrected chi connectivity index (χ4v) is 4.10. The van der Waals surface area contributed by atoms with Crippen molar-refractivity contribution in [3.63, 3.8) is 0 Å². The second-order valence-corrected chi connectivity index (χ2v) is 8.37. The SMILES string of the molecule is NC1(COCC=O)CC(C(=O)N2CCC(COc3ccc(C(F)(F)F)cc3F)CC2)C1. The summed E-state index contributed by atoms with van der Waals surface area (Å²) in [6.45, 7) is 1.49. The van der Waals surface area contributed by atoms with Crippen LogP contribution >= 0.6 is 0 Å². The number of rotatable bonds is 8. The number of aldehydes is 1. The number of hydrogen-bond acceptors (Lipinski definition) is 5. The predicted octanol–water partition coefficient (Wildman–Crippen LogP) is 2.78. The highest BCUT2D eigenvalue weighted by Gasteiger charge is 2.46. The zero-order chi connectivity index (χ0) is 22.6. The second-order valence-electron chi connectivity index (χ2n) is 8.37. The average molecular weight is 446 g/mol. The first-order valence-corrected chi connectivity index (χ1v) is 10.2. The van der Waals surface area contributed by atoms with Crippen LogP contribution in [0.3, 0.4) is 0 Å². The zero-order valence-corrected chi connectivity index (χ0v) is 17.0. The summed E-state index contributed by atoms with van der Waals surface area (Å²) >= 11 is 0. The maximum Gasteiger partial charge on any atom is 0.416 e. The van der Waals surface area contributed by atoms with Crippen molar-refractivity contribution < 1.29 is 36.6 Å². The molecule has 2 fully saturated rings. The summed E-state index contributed by atoms with van der Waals surface area (Å²) in [5.41, 5.74) is 4.52. The molecule has 0 bridgehead atoms. The summed E-state index contributed by atoms with van der Waals surface area (Å²) in [6.07, 6.45) is -1.59. The molecule has 6 nitrogen and oxygen atoms in total. The summed E-state index contributed by atoms with van der Waals surface area (Å²) in [6, 6.07) is 2.21. The molecule has 1 aliphatic carbocycles. The van der Waals surface area contributed by atoms with Crippen LogP contribution in [-0.4, -0.2) is 55.5 Å². The van der Waals surface area contributed by atoms with Crippen LogP contribution in [0.5, 0.6) is 5.75 Å². The van der Waals surface area contributed by atoms with Crippen LogP contribution in [0.1, 0.15) is 31.2 Å². The average Bonchev–Trinajstić information content (AvgIpc) is 2.70. The minimum atomic E-state index is -4.61. The first kappa shape index (κ1) is 23.5. The molecule has 2 aliphatic rings. The van der Waals surface area contributed by atoms with Crippen molar-refractivity contribution in [3.05, 3.63) is 29.6 Å². The van der Waals surface area contributed by atoms with Gasteiger partial charge in [-0.25, -0.2) is 4.39 Å². The van der Waals surface area contributed by atoms with Gasteiger partial charge in [-0.15, -0.1) is 0 Å². The van der Waals surface area contributed by atoms with E-state index >= 15 is 0 Å². The lowest BCUT2D eigenvalue weighted by Crippen LogP contribution is -2.59. The van der Waals surface area contributed by atoms with Gasteiger partial charge in [0.25, 0.3) is 0 Å². The van der Waals surface area contributed by atoms with Crippen molar-refractivity contribution in [1.82, 2.24) is 4.90 Å². The molecule has 0 atom stereocenters. The third-order valence-corrected chi connectivity index (χ3v) is 5.89. The van der Waals surface area contributed by atoms with E-state index in [0.717, 1.165) is 12.1 Å². The van der Waals surface area contributed by atoms with Crippen molar-refractivity contribution >= 4 is 12.2 Å². The highest BCUT2D eigenvalue weighted by Crippen LogP contribution is 2.38. The molecule has 3 rings (SSSR count). The Morgan fingerprint density at radius 3 is 2.52 bits per heavy atom. The smallest absolute Gasteiger partial charge is 0.416 e. The molecule has 1 saturated heterocycles. The molecule has 0 radical (unpaired) electrons.